The van der Waals surface area contributed by atoms with E-state index in [2.05, 4.69) is 0 Å². The highest BCUT2D eigenvalue weighted by atomic mass is 35.5. The normalized spacial score (nSPS) is 12.5. The third-order valence-electron chi connectivity index (χ3n) is 2.35. The molecule has 0 heterocycles. The molecular weight excluding hydrogens is 297 g/mol. The Morgan fingerprint density at radius 3 is 2.42 bits per heavy atom. The van der Waals surface area contributed by atoms with Gasteiger partial charge in [-0.2, -0.15) is 0 Å². The van der Waals surface area contributed by atoms with Gasteiger partial charge in [-0.1, -0.05) is 6.07 Å². The molecule has 1 aromatic carbocycles. The highest BCUT2D eigenvalue weighted by Crippen LogP contribution is 2.24. The van der Waals surface area contributed by atoms with Crippen molar-refractivity contribution in [2.45, 2.75) is 18.9 Å². The number of hydrogen-bond donors (Lipinski definition) is 3. The first-order valence-corrected chi connectivity index (χ1v) is 4.79. The van der Waals surface area contributed by atoms with Gasteiger partial charge in [-0.25, -0.2) is 0 Å². The quantitative estimate of drug-likeness (QED) is 0.437. The highest BCUT2D eigenvalue weighted by molar-refractivity contribution is 5.85. The number of carboxylic acids is 1. The average Bonchev–Trinajstić information content (AvgIpc) is 2.20. The van der Waals surface area contributed by atoms with E-state index >= 15 is 0 Å². The summed E-state index contributed by atoms with van der Waals surface area (Å²) >= 11 is 0. The maximum Gasteiger partial charge on any atom is 0.323 e. The SMILES string of the molecule is C[C@](N)(Cc1ccc(N)c([N+](=O)[O-])c1)C(=O)O.Cl.Cl. The summed E-state index contributed by atoms with van der Waals surface area (Å²) in [4.78, 5) is 20.9. The Morgan fingerprint density at radius 2 is 2.00 bits per heavy atom. The van der Waals surface area contributed by atoms with Crippen LogP contribution >= 0.6 is 24.8 Å². The van der Waals surface area contributed by atoms with E-state index < -0.39 is 16.4 Å². The van der Waals surface area contributed by atoms with Crippen LogP contribution in [-0.2, 0) is 11.2 Å². The van der Waals surface area contributed by atoms with Crippen LogP contribution in [0.1, 0.15) is 12.5 Å². The number of rotatable bonds is 4. The predicted molar refractivity (Wildman–Crippen MR) is 75.9 cm³/mol. The number of benzene rings is 1. The molecular formula is C10H15Cl2N3O4. The molecule has 0 fully saturated rings. The van der Waals surface area contributed by atoms with Crippen molar-refractivity contribution in [2.24, 2.45) is 5.73 Å². The summed E-state index contributed by atoms with van der Waals surface area (Å²) in [6, 6.07) is 4.13. The van der Waals surface area contributed by atoms with Gasteiger partial charge in [0.15, 0.2) is 0 Å². The largest absolute Gasteiger partial charge is 0.480 e. The monoisotopic (exact) mass is 311 g/mol. The number of hydrogen-bond acceptors (Lipinski definition) is 5. The summed E-state index contributed by atoms with van der Waals surface area (Å²) in [5.41, 5.74) is 9.76. The van der Waals surface area contributed by atoms with Crippen LogP contribution in [0.2, 0.25) is 0 Å². The van der Waals surface area contributed by atoms with Crippen molar-refractivity contribution in [2.75, 3.05) is 5.73 Å². The lowest BCUT2D eigenvalue weighted by atomic mass is 9.94. The first-order valence-electron chi connectivity index (χ1n) is 4.79. The Bertz CT molecular complexity index is 480. The number of anilines is 1. The Balaban J connectivity index is 0. The molecule has 19 heavy (non-hydrogen) atoms. The molecule has 0 aliphatic carbocycles. The summed E-state index contributed by atoms with van der Waals surface area (Å²) in [5, 5.41) is 19.5. The van der Waals surface area contributed by atoms with Crippen molar-refractivity contribution < 1.29 is 14.8 Å². The van der Waals surface area contributed by atoms with Crippen LogP contribution in [0.4, 0.5) is 11.4 Å². The number of halogens is 2. The van der Waals surface area contributed by atoms with E-state index in [1.807, 2.05) is 0 Å². The van der Waals surface area contributed by atoms with Crippen molar-refractivity contribution in [3.63, 3.8) is 0 Å². The number of nitrogens with zero attached hydrogens (tertiary/aromatic N) is 1. The molecule has 0 aliphatic heterocycles. The van der Waals surface area contributed by atoms with Gasteiger partial charge in [-0.05, 0) is 18.6 Å². The summed E-state index contributed by atoms with van der Waals surface area (Å²) in [7, 11) is 0. The topological polar surface area (TPSA) is 132 Å². The number of nitrogen functional groups attached to an aromatic ring is 1. The van der Waals surface area contributed by atoms with Crippen molar-refractivity contribution >= 4 is 42.2 Å². The molecule has 0 saturated heterocycles. The van der Waals surface area contributed by atoms with E-state index in [1.165, 1.54) is 25.1 Å². The second kappa shape index (κ2) is 7.13. The predicted octanol–water partition coefficient (Wildman–Crippen LogP) is 1.37. The Hall–Kier alpha value is -1.57. The number of nitro benzene ring substituents is 1. The van der Waals surface area contributed by atoms with Gasteiger partial charge in [-0.3, -0.25) is 14.9 Å². The van der Waals surface area contributed by atoms with E-state index in [0.717, 1.165) is 0 Å². The van der Waals surface area contributed by atoms with Gasteiger partial charge in [0.2, 0.25) is 0 Å². The van der Waals surface area contributed by atoms with Gasteiger partial charge in [0, 0.05) is 12.5 Å². The Labute approximate surface area is 121 Å². The standard InChI is InChI=1S/C10H13N3O4.2ClH/c1-10(12,9(14)15)5-6-2-3-7(11)8(4-6)13(16)17;;/h2-4H,5,11-12H2,1H3,(H,14,15);2*1H/t10-;;/m0../s1. The molecule has 0 radical (unpaired) electrons. The van der Waals surface area contributed by atoms with Crippen molar-refractivity contribution in [3.8, 4) is 0 Å². The molecule has 1 aromatic rings. The molecule has 0 amide bonds. The summed E-state index contributed by atoms with van der Waals surface area (Å²) < 4.78 is 0. The third-order valence-corrected chi connectivity index (χ3v) is 2.35. The second-order valence-electron chi connectivity index (χ2n) is 4.05. The molecule has 0 unspecified atom stereocenters. The fourth-order valence-electron chi connectivity index (χ4n) is 1.36. The van der Waals surface area contributed by atoms with E-state index in [4.69, 9.17) is 16.6 Å². The maximum atomic E-state index is 10.8. The number of nitro groups is 1. The number of carbonyl (C=O) groups is 1. The third kappa shape index (κ3) is 4.90. The van der Waals surface area contributed by atoms with Gasteiger partial charge in [0.1, 0.15) is 11.2 Å². The Morgan fingerprint density at radius 1 is 1.47 bits per heavy atom. The first kappa shape index (κ1) is 19.8. The van der Waals surface area contributed by atoms with E-state index in [9.17, 15) is 14.9 Å². The van der Waals surface area contributed by atoms with E-state index in [0.29, 0.717) is 5.56 Å². The zero-order chi connectivity index (χ0) is 13.2. The lowest BCUT2D eigenvalue weighted by molar-refractivity contribution is -0.384. The smallest absolute Gasteiger partial charge is 0.323 e. The molecule has 1 rings (SSSR count). The highest BCUT2D eigenvalue weighted by Gasteiger charge is 2.28. The minimum Gasteiger partial charge on any atom is -0.480 e. The molecule has 0 saturated carbocycles. The molecule has 7 nitrogen and oxygen atoms in total. The molecule has 9 heteroatoms. The van der Waals surface area contributed by atoms with Gasteiger partial charge in [0.25, 0.3) is 5.69 Å². The minimum absolute atomic E-state index is 0. The van der Waals surface area contributed by atoms with Crippen molar-refractivity contribution in [1.29, 1.82) is 0 Å². The second-order valence-corrected chi connectivity index (χ2v) is 4.05. The maximum absolute atomic E-state index is 10.8. The van der Waals surface area contributed by atoms with Crippen LogP contribution in [0.5, 0.6) is 0 Å². The van der Waals surface area contributed by atoms with Crippen LogP contribution in [0.25, 0.3) is 0 Å². The lowest BCUT2D eigenvalue weighted by Gasteiger charge is -2.18. The number of aliphatic carboxylic acids is 1. The average molecular weight is 312 g/mol. The Kier molecular flexibility index (Phi) is 7.41. The van der Waals surface area contributed by atoms with E-state index in [1.54, 1.807) is 0 Å². The molecule has 0 bridgehead atoms. The molecule has 108 valence electrons. The van der Waals surface area contributed by atoms with Crippen LogP contribution in [0.3, 0.4) is 0 Å². The van der Waals surface area contributed by atoms with Crippen LogP contribution < -0.4 is 11.5 Å². The van der Waals surface area contributed by atoms with Crippen molar-refractivity contribution in [3.05, 3.63) is 33.9 Å². The molecule has 0 spiro atoms. The number of carboxylic acid groups (broad SMARTS) is 1. The fraction of sp³-hybridized carbons (Fsp3) is 0.300. The fourth-order valence-corrected chi connectivity index (χ4v) is 1.36. The summed E-state index contributed by atoms with van der Waals surface area (Å²) in [5.74, 6) is -1.17. The molecule has 1 atom stereocenters. The molecule has 5 N–H and O–H groups in total. The summed E-state index contributed by atoms with van der Waals surface area (Å²) in [6.45, 7) is 1.34. The van der Waals surface area contributed by atoms with Crippen LogP contribution in [0.15, 0.2) is 18.2 Å². The first-order chi connectivity index (χ1) is 7.74. The zero-order valence-corrected chi connectivity index (χ0v) is 11.7. The van der Waals surface area contributed by atoms with Gasteiger partial charge in [0.05, 0.1) is 4.92 Å². The lowest BCUT2D eigenvalue weighted by Crippen LogP contribution is -2.46. The van der Waals surface area contributed by atoms with Gasteiger partial charge in [-0.15, -0.1) is 24.8 Å². The zero-order valence-electron chi connectivity index (χ0n) is 10.0. The number of nitrogens with two attached hydrogens (primary N) is 2. The molecule has 0 aliphatic rings. The van der Waals surface area contributed by atoms with Gasteiger partial charge >= 0.3 is 5.97 Å². The van der Waals surface area contributed by atoms with Crippen LogP contribution in [-0.4, -0.2) is 21.5 Å². The van der Waals surface area contributed by atoms with Crippen molar-refractivity contribution in [1.82, 2.24) is 0 Å². The minimum atomic E-state index is -1.47. The summed E-state index contributed by atoms with van der Waals surface area (Å²) in [6.07, 6.45) is -0.0105. The van der Waals surface area contributed by atoms with Gasteiger partial charge < -0.3 is 16.6 Å². The molecule has 0 aromatic heterocycles. The van der Waals surface area contributed by atoms with Crippen LogP contribution in [0, 0.1) is 10.1 Å². The van der Waals surface area contributed by atoms with E-state index in [-0.39, 0.29) is 42.6 Å².